The molecular formula is C22H28N3O3S+. The fourth-order valence-corrected chi connectivity index (χ4v) is 4.85. The maximum Gasteiger partial charge on any atom is 0.279 e. The second kappa shape index (κ2) is 9.52. The van der Waals surface area contributed by atoms with Crippen molar-refractivity contribution in [1.29, 1.82) is 0 Å². The summed E-state index contributed by atoms with van der Waals surface area (Å²) in [5, 5.41) is 5.08. The van der Waals surface area contributed by atoms with Gasteiger partial charge in [0.15, 0.2) is 6.54 Å². The second-order valence-electron chi connectivity index (χ2n) is 7.77. The molecule has 2 saturated heterocycles. The zero-order valence-electron chi connectivity index (χ0n) is 16.6. The van der Waals surface area contributed by atoms with Crippen molar-refractivity contribution in [3.05, 3.63) is 46.7 Å². The van der Waals surface area contributed by atoms with E-state index in [1.807, 2.05) is 24.3 Å². The van der Waals surface area contributed by atoms with Crippen LogP contribution >= 0.6 is 11.3 Å². The van der Waals surface area contributed by atoms with E-state index in [1.165, 1.54) is 9.78 Å². The molecule has 0 aliphatic carbocycles. The van der Waals surface area contributed by atoms with Crippen molar-refractivity contribution >= 4 is 34.5 Å². The number of ether oxygens (including phenoxy) is 1. The fourth-order valence-electron chi connectivity index (χ4n) is 4.07. The first-order valence-corrected chi connectivity index (χ1v) is 11.2. The number of hydrogen-bond donors (Lipinski definition) is 2. The van der Waals surface area contributed by atoms with Crippen LogP contribution in [0.4, 0.5) is 11.4 Å². The van der Waals surface area contributed by atoms with Gasteiger partial charge in [-0.3, -0.25) is 9.59 Å². The van der Waals surface area contributed by atoms with Crippen LogP contribution in [0.15, 0.2) is 41.8 Å². The van der Waals surface area contributed by atoms with Gasteiger partial charge in [0.2, 0.25) is 5.91 Å². The summed E-state index contributed by atoms with van der Waals surface area (Å²) in [6.45, 7) is 3.69. The van der Waals surface area contributed by atoms with Crippen molar-refractivity contribution in [1.82, 2.24) is 0 Å². The summed E-state index contributed by atoms with van der Waals surface area (Å²) >= 11 is 1.73. The summed E-state index contributed by atoms with van der Waals surface area (Å²) in [4.78, 5) is 28.9. The summed E-state index contributed by atoms with van der Waals surface area (Å²) in [6.07, 6.45) is 3.95. The molecule has 3 heterocycles. The van der Waals surface area contributed by atoms with Crippen LogP contribution in [0.5, 0.6) is 0 Å². The monoisotopic (exact) mass is 414 g/mol. The van der Waals surface area contributed by atoms with Gasteiger partial charge in [0.1, 0.15) is 19.2 Å². The predicted molar refractivity (Wildman–Crippen MR) is 114 cm³/mol. The molecule has 2 atom stereocenters. The first-order valence-electron chi connectivity index (χ1n) is 10.4. The molecule has 1 aromatic heterocycles. The number of nitrogens with zero attached hydrogens (tertiary/aromatic N) is 1. The molecule has 0 bridgehead atoms. The third-order valence-corrected chi connectivity index (χ3v) is 6.37. The molecule has 1 aromatic carbocycles. The maximum absolute atomic E-state index is 12.7. The highest BCUT2D eigenvalue weighted by molar-refractivity contribution is 7.09. The Kier molecular flexibility index (Phi) is 6.59. The molecule has 1 unspecified atom stereocenters. The lowest BCUT2D eigenvalue weighted by molar-refractivity contribution is -0.908. The fraction of sp³-hybridized carbons (Fsp3) is 0.455. The van der Waals surface area contributed by atoms with Gasteiger partial charge in [0, 0.05) is 30.9 Å². The lowest BCUT2D eigenvalue weighted by Gasteiger charge is -2.21. The third-order valence-electron chi connectivity index (χ3n) is 5.49. The van der Waals surface area contributed by atoms with Crippen LogP contribution < -0.4 is 15.1 Å². The van der Waals surface area contributed by atoms with Gasteiger partial charge in [-0.2, -0.15) is 0 Å². The molecule has 6 nitrogen and oxygen atoms in total. The number of nitrogens with one attached hydrogen (secondary N) is 2. The quantitative estimate of drug-likeness (QED) is 0.695. The third kappa shape index (κ3) is 5.44. The van der Waals surface area contributed by atoms with Gasteiger partial charge in [-0.25, -0.2) is 0 Å². The second-order valence-corrected chi connectivity index (χ2v) is 8.80. The molecule has 0 radical (unpaired) electrons. The highest BCUT2D eigenvalue weighted by Gasteiger charge is 2.25. The minimum Gasteiger partial charge on any atom is -0.372 e. The van der Waals surface area contributed by atoms with E-state index in [9.17, 15) is 9.59 Å². The summed E-state index contributed by atoms with van der Waals surface area (Å²) in [7, 11) is 0. The normalized spacial score (nSPS) is 20.2. The standard InChI is InChI=1S/C22H27N3O3S/c26-21(23-17-7-9-18(10-8-17)25-11-1-6-22(25)27)16-24(14-19-4-2-12-28-19)15-20-5-3-13-29-20/h3,5,7-10,13,19H,1-2,4,6,11-12,14-16H2,(H,23,26)/p+1/t19-/m0/s1. The Hall–Kier alpha value is -2.22. The lowest BCUT2D eigenvalue weighted by Crippen LogP contribution is -3.12. The summed E-state index contributed by atoms with van der Waals surface area (Å²) in [6, 6.07) is 11.7. The van der Waals surface area contributed by atoms with Crippen LogP contribution in [0.1, 0.15) is 30.6 Å². The smallest absolute Gasteiger partial charge is 0.279 e. The number of thiophene rings is 1. The number of hydrogen-bond acceptors (Lipinski definition) is 4. The van der Waals surface area contributed by atoms with E-state index >= 15 is 0 Å². The van der Waals surface area contributed by atoms with Crippen LogP contribution in [-0.4, -0.2) is 44.2 Å². The van der Waals surface area contributed by atoms with Crippen LogP contribution in [0.2, 0.25) is 0 Å². The largest absolute Gasteiger partial charge is 0.372 e. The van der Waals surface area contributed by atoms with Crippen LogP contribution in [-0.2, 0) is 20.9 Å². The van der Waals surface area contributed by atoms with Crippen molar-refractivity contribution in [2.24, 2.45) is 0 Å². The first kappa shape index (κ1) is 20.1. The average molecular weight is 415 g/mol. The molecule has 2 N–H and O–H groups in total. The summed E-state index contributed by atoms with van der Waals surface area (Å²) in [5.74, 6) is 0.170. The SMILES string of the molecule is O=C(C[NH+](Cc1cccs1)C[C@@H]1CCCO1)Nc1ccc(N2CCCC2=O)cc1. The number of benzene rings is 1. The number of carbonyl (C=O) groups excluding carboxylic acids is 2. The molecule has 4 rings (SSSR count). The van der Waals surface area contributed by atoms with Gasteiger partial charge < -0.3 is 19.9 Å². The van der Waals surface area contributed by atoms with Crippen molar-refractivity contribution in [3.63, 3.8) is 0 Å². The Balaban J connectivity index is 1.34. The van der Waals surface area contributed by atoms with Crippen molar-refractivity contribution in [2.75, 3.05) is 36.5 Å². The highest BCUT2D eigenvalue weighted by atomic mass is 32.1. The Labute approximate surface area is 175 Å². The van der Waals surface area contributed by atoms with Crippen molar-refractivity contribution < 1.29 is 19.2 Å². The van der Waals surface area contributed by atoms with E-state index in [0.29, 0.717) is 13.0 Å². The van der Waals surface area contributed by atoms with E-state index in [0.717, 1.165) is 56.9 Å². The predicted octanol–water partition coefficient (Wildman–Crippen LogP) is 2.08. The molecular weight excluding hydrogens is 386 g/mol. The molecule has 154 valence electrons. The molecule has 2 aliphatic heterocycles. The van der Waals surface area contributed by atoms with E-state index in [2.05, 4.69) is 22.8 Å². The molecule has 0 saturated carbocycles. The van der Waals surface area contributed by atoms with E-state index in [4.69, 9.17) is 4.74 Å². The Bertz CT molecular complexity index is 816. The van der Waals surface area contributed by atoms with Crippen LogP contribution in [0.3, 0.4) is 0 Å². The Morgan fingerprint density at radius 3 is 2.76 bits per heavy atom. The van der Waals surface area contributed by atoms with Gasteiger partial charge in [0.25, 0.3) is 5.91 Å². The van der Waals surface area contributed by atoms with Gasteiger partial charge in [-0.1, -0.05) is 6.07 Å². The minimum absolute atomic E-state index is 0.000415. The molecule has 7 heteroatoms. The summed E-state index contributed by atoms with van der Waals surface area (Å²) in [5.41, 5.74) is 1.66. The number of rotatable bonds is 8. The first-order chi connectivity index (χ1) is 14.2. The molecule has 29 heavy (non-hydrogen) atoms. The average Bonchev–Trinajstić information content (AvgIpc) is 3.46. The lowest BCUT2D eigenvalue weighted by atomic mass is 10.2. The van der Waals surface area contributed by atoms with Crippen molar-refractivity contribution in [2.45, 2.75) is 38.3 Å². The number of carbonyl (C=O) groups is 2. The molecule has 2 aromatic rings. The zero-order valence-corrected chi connectivity index (χ0v) is 17.4. The van der Waals surface area contributed by atoms with Crippen LogP contribution in [0.25, 0.3) is 0 Å². The summed E-state index contributed by atoms with van der Waals surface area (Å²) < 4.78 is 5.79. The van der Waals surface area contributed by atoms with Gasteiger partial charge in [-0.05, 0) is 55.0 Å². The van der Waals surface area contributed by atoms with E-state index in [-0.39, 0.29) is 17.9 Å². The van der Waals surface area contributed by atoms with Gasteiger partial charge in [-0.15, -0.1) is 11.3 Å². The van der Waals surface area contributed by atoms with E-state index < -0.39 is 0 Å². The zero-order chi connectivity index (χ0) is 20.1. The highest BCUT2D eigenvalue weighted by Crippen LogP contribution is 2.23. The van der Waals surface area contributed by atoms with Gasteiger partial charge >= 0.3 is 0 Å². The van der Waals surface area contributed by atoms with E-state index in [1.54, 1.807) is 16.2 Å². The molecule has 2 amide bonds. The molecule has 2 aliphatic rings. The van der Waals surface area contributed by atoms with Crippen molar-refractivity contribution in [3.8, 4) is 0 Å². The Morgan fingerprint density at radius 2 is 2.10 bits per heavy atom. The molecule has 0 spiro atoms. The number of quaternary nitrogens is 1. The van der Waals surface area contributed by atoms with Crippen LogP contribution in [0, 0.1) is 0 Å². The topological polar surface area (TPSA) is 63.1 Å². The Morgan fingerprint density at radius 1 is 1.24 bits per heavy atom. The molecule has 2 fully saturated rings. The number of anilines is 2. The minimum atomic E-state index is -0.000415. The number of amides is 2. The van der Waals surface area contributed by atoms with Gasteiger partial charge in [0.05, 0.1) is 4.88 Å². The maximum atomic E-state index is 12.7.